The van der Waals surface area contributed by atoms with E-state index in [1.54, 1.807) is 12.1 Å². The average molecular weight is 425 g/mol. The number of carbonyl (C=O) groups excluding carboxylic acids is 2. The standard InChI is InChI=1S/C17H21BrN4O2S/c1-3-11(4-2)16(24)20-17-22-21-14(25-17)8-9-19-15(23)12-6-5-7-13(18)10-12/h5-7,10-11H,3-4,8-9H2,1-2H3,(H,19,23)(H,20,22,24). The molecule has 2 amide bonds. The van der Waals surface area contributed by atoms with Crippen LogP contribution in [-0.4, -0.2) is 28.6 Å². The summed E-state index contributed by atoms with van der Waals surface area (Å²) in [5.74, 6) is -0.152. The van der Waals surface area contributed by atoms with Gasteiger partial charge in [0, 0.05) is 28.9 Å². The first-order valence-electron chi connectivity index (χ1n) is 8.20. The van der Waals surface area contributed by atoms with Gasteiger partial charge in [-0.25, -0.2) is 0 Å². The summed E-state index contributed by atoms with van der Waals surface area (Å²) in [6.45, 7) is 4.45. The molecule has 1 heterocycles. The molecule has 0 aliphatic carbocycles. The van der Waals surface area contributed by atoms with E-state index in [9.17, 15) is 9.59 Å². The van der Waals surface area contributed by atoms with Gasteiger partial charge in [-0.2, -0.15) is 0 Å². The molecule has 1 aromatic carbocycles. The summed E-state index contributed by atoms with van der Waals surface area (Å²) in [5, 5.41) is 15.0. The van der Waals surface area contributed by atoms with Crippen molar-refractivity contribution in [2.24, 2.45) is 5.92 Å². The third-order valence-corrected chi connectivity index (χ3v) is 5.16. The van der Waals surface area contributed by atoms with Crippen LogP contribution in [0.15, 0.2) is 28.7 Å². The number of nitrogens with zero attached hydrogens (tertiary/aromatic N) is 2. The Labute approximate surface area is 159 Å². The number of benzene rings is 1. The highest BCUT2D eigenvalue weighted by molar-refractivity contribution is 9.10. The molecule has 25 heavy (non-hydrogen) atoms. The fourth-order valence-corrected chi connectivity index (χ4v) is 3.43. The Morgan fingerprint density at radius 3 is 2.68 bits per heavy atom. The van der Waals surface area contributed by atoms with Crippen LogP contribution in [0.2, 0.25) is 0 Å². The summed E-state index contributed by atoms with van der Waals surface area (Å²) in [6.07, 6.45) is 2.17. The monoisotopic (exact) mass is 424 g/mol. The molecule has 1 aromatic heterocycles. The van der Waals surface area contributed by atoms with Crippen molar-refractivity contribution in [1.82, 2.24) is 15.5 Å². The van der Waals surface area contributed by atoms with E-state index < -0.39 is 0 Å². The molecule has 8 heteroatoms. The van der Waals surface area contributed by atoms with Gasteiger partial charge in [-0.3, -0.25) is 9.59 Å². The van der Waals surface area contributed by atoms with Crippen LogP contribution in [0.5, 0.6) is 0 Å². The van der Waals surface area contributed by atoms with E-state index in [2.05, 4.69) is 36.8 Å². The number of hydrogen-bond acceptors (Lipinski definition) is 5. The highest BCUT2D eigenvalue weighted by Crippen LogP contribution is 2.18. The van der Waals surface area contributed by atoms with Gasteiger partial charge in [0.1, 0.15) is 5.01 Å². The summed E-state index contributed by atoms with van der Waals surface area (Å²) < 4.78 is 0.863. The minimum Gasteiger partial charge on any atom is -0.352 e. The van der Waals surface area contributed by atoms with E-state index in [1.165, 1.54) is 11.3 Å². The smallest absolute Gasteiger partial charge is 0.251 e. The number of anilines is 1. The van der Waals surface area contributed by atoms with Crippen LogP contribution in [0.4, 0.5) is 5.13 Å². The summed E-state index contributed by atoms with van der Waals surface area (Å²) in [6, 6.07) is 7.22. The van der Waals surface area contributed by atoms with E-state index in [-0.39, 0.29) is 17.7 Å². The molecule has 0 aliphatic heterocycles. The van der Waals surface area contributed by atoms with E-state index in [0.717, 1.165) is 22.3 Å². The second-order valence-corrected chi connectivity index (χ2v) is 7.50. The zero-order valence-corrected chi connectivity index (χ0v) is 16.6. The molecule has 0 fully saturated rings. The van der Waals surface area contributed by atoms with Crippen molar-refractivity contribution in [3.8, 4) is 0 Å². The number of nitrogens with one attached hydrogen (secondary N) is 2. The van der Waals surface area contributed by atoms with Crippen LogP contribution in [0.25, 0.3) is 0 Å². The summed E-state index contributed by atoms with van der Waals surface area (Å²) >= 11 is 4.68. The molecule has 2 N–H and O–H groups in total. The van der Waals surface area contributed by atoms with Crippen LogP contribution in [-0.2, 0) is 11.2 Å². The molecule has 2 rings (SSSR count). The van der Waals surface area contributed by atoms with Crippen molar-refractivity contribution in [3.05, 3.63) is 39.3 Å². The summed E-state index contributed by atoms with van der Waals surface area (Å²) in [7, 11) is 0. The minimum atomic E-state index is -0.131. The van der Waals surface area contributed by atoms with E-state index in [0.29, 0.717) is 23.7 Å². The van der Waals surface area contributed by atoms with Gasteiger partial charge in [0.25, 0.3) is 5.91 Å². The summed E-state index contributed by atoms with van der Waals surface area (Å²) in [5.41, 5.74) is 0.602. The van der Waals surface area contributed by atoms with Gasteiger partial charge >= 0.3 is 0 Å². The van der Waals surface area contributed by atoms with Gasteiger partial charge < -0.3 is 10.6 Å². The molecular formula is C17H21BrN4O2S. The maximum absolute atomic E-state index is 12.1. The van der Waals surface area contributed by atoms with Crippen molar-refractivity contribution in [2.45, 2.75) is 33.1 Å². The SMILES string of the molecule is CCC(CC)C(=O)Nc1nnc(CCNC(=O)c2cccc(Br)c2)s1. The number of rotatable bonds is 8. The number of hydrogen-bond donors (Lipinski definition) is 2. The fraction of sp³-hybridized carbons (Fsp3) is 0.412. The lowest BCUT2D eigenvalue weighted by Crippen LogP contribution is -2.25. The van der Waals surface area contributed by atoms with Crippen LogP contribution in [0.1, 0.15) is 42.1 Å². The van der Waals surface area contributed by atoms with Crippen molar-refractivity contribution in [2.75, 3.05) is 11.9 Å². The van der Waals surface area contributed by atoms with E-state index >= 15 is 0 Å². The predicted octanol–water partition coefficient (Wildman–Crippen LogP) is 3.65. The molecule has 0 atom stereocenters. The van der Waals surface area contributed by atoms with E-state index in [4.69, 9.17) is 0 Å². The lowest BCUT2D eigenvalue weighted by molar-refractivity contribution is -0.120. The molecule has 2 aromatic rings. The van der Waals surface area contributed by atoms with Crippen LogP contribution in [0, 0.1) is 5.92 Å². The van der Waals surface area contributed by atoms with Crippen LogP contribution >= 0.6 is 27.3 Å². The fourth-order valence-electron chi connectivity index (χ4n) is 2.29. The Bertz CT molecular complexity index is 731. The van der Waals surface area contributed by atoms with Crippen molar-refractivity contribution >= 4 is 44.2 Å². The molecule has 134 valence electrons. The Hall–Kier alpha value is -1.80. The molecule has 0 bridgehead atoms. The largest absolute Gasteiger partial charge is 0.352 e. The first-order chi connectivity index (χ1) is 12.0. The quantitative estimate of drug-likeness (QED) is 0.676. The maximum atomic E-state index is 12.1. The van der Waals surface area contributed by atoms with Gasteiger partial charge in [0.05, 0.1) is 0 Å². The first-order valence-corrected chi connectivity index (χ1v) is 9.81. The van der Waals surface area contributed by atoms with Crippen molar-refractivity contribution in [3.63, 3.8) is 0 Å². The third kappa shape index (κ3) is 5.89. The van der Waals surface area contributed by atoms with Gasteiger partial charge in [-0.1, -0.05) is 47.2 Å². The van der Waals surface area contributed by atoms with E-state index in [1.807, 2.05) is 26.0 Å². The Morgan fingerprint density at radius 2 is 2.00 bits per heavy atom. The molecule has 0 aliphatic rings. The number of aromatic nitrogens is 2. The van der Waals surface area contributed by atoms with Crippen molar-refractivity contribution in [1.29, 1.82) is 0 Å². The normalized spacial score (nSPS) is 10.7. The average Bonchev–Trinajstić information content (AvgIpc) is 3.03. The highest BCUT2D eigenvalue weighted by Gasteiger charge is 2.16. The number of amides is 2. The Balaban J connectivity index is 1.81. The second kappa shape index (κ2) is 9.62. The Morgan fingerprint density at radius 1 is 1.24 bits per heavy atom. The van der Waals surface area contributed by atoms with Gasteiger partial charge in [-0.05, 0) is 31.0 Å². The maximum Gasteiger partial charge on any atom is 0.251 e. The molecule has 0 saturated heterocycles. The molecule has 0 unspecified atom stereocenters. The van der Waals surface area contributed by atoms with Gasteiger partial charge in [0.15, 0.2) is 0 Å². The summed E-state index contributed by atoms with van der Waals surface area (Å²) in [4.78, 5) is 24.1. The molecule has 0 spiro atoms. The second-order valence-electron chi connectivity index (χ2n) is 5.52. The zero-order valence-electron chi connectivity index (χ0n) is 14.2. The molecule has 0 saturated carbocycles. The topological polar surface area (TPSA) is 84.0 Å². The minimum absolute atomic E-state index is 0.00293. The van der Waals surface area contributed by atoms with Gasteiger partial charge in [0.2, 0.25) is 11.0 Å². The number of halogens is 1. The highest BCUT2D eigenvalue weighted by atomic mass is 79.9. The zero-order chi connectivity index (χ0) is 18.2. The van der Waals surface area contributed by atoms with Crippen molar-refractivity contribution < 1.29 is 9.59 Å². The first kappa shape index (κ1) is 19.5. The molecule has 6 nitrogen and oxygen atoms in total. The predicted molar refractivity (Wildman–Crippen MR) is 103 cm³/mol. The lowest BCUT2D eigenvalue weighted by Gasteiger charge is -2.09. The molecule has 0 radical (unpaired) electrons. The van der Waals surface area contributed by atoms with Crippen LogP contribution in [0.3, 0.4) is 0 Å². The van der Waals surface area contributed by atoms with Gasteiger partial charge in [-0.15, -0.1) is 10.2 Å². The Kier molecular flexibility index (Phi) is 7.52. The third-order valence-electron chi connectivity index (χ3n) is 3.76. The number of carbonyl (C=O) groups is 2. The molecular weight excluding hydrogens is 404 g/mol. The lowest BCUT2D eigenvalue weighted by atomic mass is 10.0. The van der Waals surface area contributed by atoms with Crippen LogP contribution < -0.4 is 10.6 Å².